The van der Waals surface area contributed by atoms with Gasteiger partial charge in [0, 0.05) is 23.7 Å². The van der Waals surface area contributed by atoms with Gasteiger partial charge in [-0.3, -0.25) is 5.43 Å². The standard InChI is InChI=1S/C21H23N5OS/c1-2-4-18-17(3-1)19-20(22-14-23-21(19)28-18)25-24-13-15-5-7-16(8-6-15)26-9-11-27-12-10-26/h5-8,13-14H,1-4,9-12H2,(H,22,23,25)/b24-13-. The zero-order valence-electron chi connectivity index (χ0n) is 15.7. The molecule has 3 heterocycles. The highest BCUT2D eigenvalue weighted by Gasteiger charge is 2.19. The van der Waals surface area contributed by atoms with Crippen molar-refractivity contribution in [3.8, 4) is 0 Å². The lowest BCUT2D eigenvalue weighted by molar-refractivity contribution is 0.122. The summed E-state index contributed by atoms with van der Waals surface area (Å²) in [6.07, 6.45) is 8.26. The SMILES string of the molecule is C(=N/Nc1ncnc2sc3c(c12)CCCC3)/c1ccc(N2CCOCC2)cc1. The Morgan fingerprint density at radius 3 is 2.75 bits per heavy atom. The first-order valence-electron chi connectivity index (χ1n) is 9.85. The smallest absolute Gasteiger partial charge is 0.158 e. The van der Waals surface area contributed by atoms with Crippen molar-refractivity contribution in [3.63, 3.8) is 0 Å². The number of ether oxygens (including phenoxy) is 1. The van der Waals surface area contributed by atoms with E-state index in [2.05, 4.69) is 49.7 Å². The van der Waals surface area contributed by atoms with Crippen LogP contribution in [0.4, 0.5) is 11.5 Å². The zero-order chi connectivity index (χ0) is 18.8. The van der Waals surface area contributed by atoms with Crippen LogP contribution in [0.2, 0.25) is 0 Å². The van der Waals surface area contributed by atoms with Crippen LogP contribution in [0.25, 0.3) is 10.2 Å². The maximum Gasteiger partial charge on any atom is 0.158 e. The molecular formula is C21H23N5OS. The molecule has 2 aromatic heterocycles. The molecule has 0 radical (unpaired) electrons. The van der Waals surface area contributed by atoms with E-state index < -0.39 is 0 Å². The second kappa shape index (κ2) is 7.85. The molecule has 3 aromatic rings. The number of hydrogen-bond donors (Lipinski definition) is 1. The average Bonchev–Trinajstić information content (AvgIpc) is 3.14. The third-order valence-electron chi connectivity index (χ3n) is 5.40. The first kappa shape index (κ1) is 17.6. The van der Waals surface area contributed by atoms with E-state index in [4.69, 9.17) is 4.74 Å². The van der Waals surface area contributed by atoms with Crippen molar-refractivity contribution < 1.29 is 4.74 Å². The van der Waals surface area contributed by atoms with E-state index in [9.17, 15) is 0 Å². The van der Waals surface area contributed by atoms with Crippen molar-refractivity contribution in [2.24, 2.45) is 5.10 Å². The number of benzene rings is 1. The Hall–Kier alpha value is -2.51. The molecule has 2 aliphatic rings. The van der Waals surface area contributed by atoms with Gasteiger partial charge in [-0.15, -0.1) is 11.3 Å². The van der Waals surface area contributed by atoms with E-state index in [1.54, 1.807) is 17.7 Å². The summed E-state index contributed by atoms with van der Waals surface area (Å²) in [4.78, 5) is 13.8. The lowest BCUT2D eigenvalue weighted by atomic mass is 9.97. The fourth-order valence-electron chi connectivity index (χ4n) is 3.94. The zero-order valence-corrected chi connectivity index (χ0v) is 16.5. The number of rotatable bonds is 4. The summed E-state index contributed by atoms with van der Waals surface area (Å²) in [7, 11) is 0. The monoisotopic (exact) mass is 393 g/mol. The molecule has 144 valence electrons. The molecule has 1 aliphatic carbocycles. The number of aromatic nitrogens is 2. The predicted molar refractivity (Wildman–Crippen MR) is 115 cm³/mol. The summed E-state index contributed by atoms with van der Waals surface area (Å²) in [5.74, 6) is 0.811. The number of fused-ring (bicyclic) bond motifs is 3. The molecule has 0 bridgehead atoms. The second-order valence-electron chi connectivity index (χ2n) is 7.17. The number of nitrogens with zero attached hydrogens (tertiary/aromatic N) is 4. The summed E-state index contributed by atoms with van der Waals surface area (Å²) in [5.41, 5.74) is 6.85. The molecule has 1 aromatic carbocycles. The van der Waals surface area contributed by atoms with Crippen LogP contribution in [-0.2, 0) is 17.6 Å². The molecule has 5 rings (SSSR count). The highest BCUT2D eigenvalue weighted by atomic mass is 32.1. The summed E-state index contributed by atoms with van der Waals surface area (Å²) >= 11 is 1.80. The number of nitrogens with one attached hydrogen (secondary N) is 1. The van der Waals surface area contributed by atoms with Gasteiger partial charge in [-0.1, -0.05) is 12.1 Å². The second-order valence-corrected chi connectivity index (χ2v) is 8.26. The van der Waals surface area contributed by atoms with Crippen molar-refractivity contribution in [2.45, 2.75) is 25.7 Å². The van der Waals surface area contributed by atoms with Crippen molar-refractivity contribution in [1.82, 2.24) is 9.97 Å². The van der Waals surface area contributed by atoms with Gasteiger partial charge in [-0.2, -0.15) is 5.10 Å². The topological polar surface area (TPSA) is 62.6 Å². The van der Waals surface area contributed by atoms with Gasteiger partial charge >= 0.3 is 0 Å². The van der Waals surface area contributed by atoms with Gasteiger partial charge < -0.3 is 9.64 Å². The third-order valence-corrected chi connectivity index (χ3v) is 6.60. The van der Waals surface area contributed by atoms with E-state index >= 15 is 0 Å². The van der Waals surface area contributed by atoms with E-state index in [1.807, 2.05) is 6.21 Å². The van der Waals surface area contributed by atoms with Crippen LogP contribution in [-0.4, -0.2) is 42.5 Å². The van der Waals surface area contributed by atoms with Crippen molar-refractivity contribution in [3.05, 3.63) is 46.6 Å². The molecule has 6 nitrogen and oxygen atoms in total. The van der Waals surface area contributed by atoms with E-state index in [0.717, 1.165) is 60.7 Å². The number of thiophene rings is 1. The number of hydrogen-bond acceptors (Lipinski definition) is 7. The Kier molecular flexibility index (Phi) is 4.93. The summed E-state index contributed by atoms with van der Waals surface area (Å²) in [6.45, 7) is 3.49. The number of anilines is 2. The quantitative estimate of drug-likeness (QED) is 0.539. The minimum atomic E-state index is 0.798. The van der Waals surface area contributed by atoms with Crippen molar-refractivity contribution in [2.75, 3.05) is 36.6 Å². The van der Waals surface area contributed by atoms with Gasteiger partial charge in [-0.25, -0.2) is 9.97 Å². The Morgan fingerprint density at radius 2 is 1.89 bits per heavy atom. The molecule has 0 unspecified atom stereocenters. The summed E-state index contributed by atoms with van der Waals surface area (Å²) in [5, 5.41) is 5.59. The molecule has 1 N–H and O–H groups in total. The third kappa shape index (κ3) is 3.47. The molecular weight excluding hydrogens is 370 g/mol. The van der Waals surface area contributed by atoms with Crippen LogP contribution in [0, 0.1) is 0 Å². The first-order valence-corrected chi connectivity index (χ1v) is 10.7. The van der Waals surface area contributed by atoms with Gasteiger partial charge in [0.25, 0.3) is 0 Å². The molecule has 7 heteroatoms. The lowest BCUT2D eigenvalue weighted by Crippen LogP contribution is -2.36. The van der Waals surface area contributed by atoms with Crippen molar-refractivity contribution >= 4 is 39.3 Å². The first-order chi connectivity index (χ1) is 13.9. The molecule has 28 heavy (non-hydrogen) atoms. The predicted octanol–water partition coefficient (Wildman–Crippen LogP) is 3.85. The highest BCUT2D eigenvalue weighted by molar-refractivity contribution is 7.19. The van der Waals surface area contributed by atoms with Crippen molar-refractivity contribution in [1.29, 1.82) is 0 Å². The molecule has 1 aliphatic heterocycles. The maximum absolute atomic E-state index is 5.42. The Bertz CT molecular complexity index is 992. The van der Waals surface area contributed by atoms with Crippen LogP contribution < -0.4 is 10.3 Å². The number of morpholine rings is 1. The van der Waals surface area contributed by atoms with Gasteiger partial charge in [-0.05, 0) is 48.9 Å². The molecule has 0 saturated carbocycles. The fourth-order valence-corrected chi connectivity index (χ4v) is 5.16. The molecule has 0 atom stereocenters. The number of aryl methyl sites for hydroxylation is 2. The minimum Gasteiger partial charge on any atom is -0.378 e. The van der Waals surface area contributed by atoms with Gasteiger partial charge in [0.1, 0.15) is 11.2 Å². The number of hydrazone groups is 1. The van der Waals surface area contributed by atoms with Crippen LogP contribution >= 0.6 is 11.3 Å². The molecule has 0 amide bonds. The van der Waals surface area contributed by atoms with E-state index in [1.165, 1.54) is 29.0 Å². The molecule has 0 spiro atoms. The molecule has 1 saturated heterocycles. The Labute approximate surface area is 168 Å². The minimum absolute atomic E-state index is 0.798. The summed E-state index contributed by atoms with van der Waals surface area (Å²) < 4.78 is 5.42. The average molecular weight is 394 g/mol. The van der Waals surface area contributed by atoms with Crippen LogP contribution in [0.5, 0.6) is 0 Å². The van der Waals surface area contributed by atoms with Crippen LogP contribution in [0.1, 0.15) is 28.8 Å². The lowest BCUT2D eigenvalue weighted by Gasteiger charge is -2.28. The van der Waals surface area contributed by atoms with Gasteiger partial charge in [0.15, 0.2) is 5.82 Å². The van der Waals surface area contributed by atoms with E-state index in [0.29, 0.717) is 0 Å². The normalized spacial score (nSPS) is 17.2. The highest BCUT2D eigenvalue weighted by Crippen LogP contribution is 2.38. The Morgan fingerprint density at radius 1 is 1.07 bits per heavy atom. The molecule has 1 fully saturated rings. The summed E-state index contributed by atoms with van der Waals surface area (Å²) in [6, 6.07) is 8.48. The van der Waals surface area contributed by atoms with Gasteiger partial charge in [0.2, 0.25) is 0 Å². The van der Waals surface area contributed by atoms with Crippen LogP contribution in [0.3, 0.4) is 0 Å². The Balaban J connectivity index is 1.32. The fraction of sp³-hybridized carbons (Fsp3) is 0.381. The van der Waals surface area contributed by atoms with E-state index in [-0.39, 0.29) is 0 Å². The van der Waals surface area contributed by atoms with Gasteiger partial charge in [0.05, 0.1) is 24.8 Å². The largest absolute Gasteiger partial charge is 0.378 e. The maximum atomic E-state index is 5.42. The van der Waals surface area contributed by atoms with Crippen LogP contribution in [0.15, 0.2) is 35.7 Å².